The van der Waals surface area contributed by atoms with Gasteiger partial charge in [0, 0.05) is 30.8 Å². The summed E-state index contributed by atoms with van der Waals surface area (Å²) in [5, 5.41) is 7.04. The third kappa shape index (κ3) is 2.42. The lowest BCUT2D eigenvalue weighted by atomic mass is 10.1. The summed E-state index contributed by atoms with van der Waals surface area (Å²) in [5.74, 6) is 0.565. The quantitative estimate of drug-likeness (QED) is 0.908. The lowest BCUT2D eigenvalue weighted by molar-refractivity contribution is 0.0744. The standard InChI is InChI=1S/C14H16N4O2/c1-18(12-6-7-15-8-12)14(19)11-4-2-10(3-5-11)13-16-9-20-17-13/h2-5,9,12,15H,6-8H2,1H3. The maximum Gasteiger partial charge on any atom is 0.253 e. The SMILES string of the molecule is CN(C(=O)c1ccc(-c2ncon2)cc1)C1CCNC1. The molecule has 1 fully saturated rings. The summed E-state index contributed by atoms with van der Waals surface area (Å²) in [6.45, 7) is 1.84. The second kappa shape index (κ2) is 5.42. The zero-order chi connectivity index (χ0) is 13.9. The molecule has 1 amide bonds. The predicted molar refractivity (Wildman–Crippen MR) is 73.1 cm³/mol. The van der Waals surface area contributed by atoms with Crippen LogP contribution in [0, 0.1) is 0 Å². The molecule has 1 N–H and O–H groups in total. The summed E-state index contributed by atoms with van der Waals surface area (Å²) < 4.78 is 4.71. The Morgan fingerprint density at radius 3 is 2.80 bits per heavy atom. The molecular weight excluding hydrogens is 256 g/mol. The van der Waals surface area contributed by atoms with E-state index in [4.69, 9.17) is 4.52 Å². The Hall–Kier alpha value is -2.21. The number of nitrogens with one attached hydrogen (secondary N) is 1. The minimum atomic E-state index is 0.0401. The van der Waals surface area contributed by atoms with Crippen LogP contribution in [-0.2, 0) is 0 Å². The summed E-state index contributed by atoms with van der Waals surface area (Å²) in [5.41, 5.74) is 1.51. The van der Waals surface area contributed by atoms with Gasteiger partial charge in [0.25, 0.3) is 5.91 Å². The van der Waals surface area contributed by atoms with Gasteiger partial charge in [0.15, 0.2) is 0 Å². The third-order valence-electron chi connectivity index (χ3n) is 3.65. The Morgan fingerprint density at radius 1 is 1.40 bits per heavy atom. The van der Waals surface area contributed by atoms with Gasteiger partial charge in [-0.15, -0.1) is 0 Å². The first-order valence-corrected chi connectivity index (χ1v) is 6.60. The van der Waals surface area contributed by atoms with Gasteiger partial charge in [-0.1, -0.05) is 17.3 Å². The highest BCUT2D eigenvalue weighted by atomic mass is 16.5. The van der Waals surface area contributed by atoms with Crippen LogP contribution < -0.4 is 5.32 Å². The van der Waals surface area contributed by atoms with E-state index in [0.717, 1.165) is 25.1 Å². The zero-order valence-electron chi connectivity index (χ0n) is 11.2. The largest absolute Gasteiger partial charge is 0.342 e. The lowest BCUT2D eigenvalue weighted by Crippen LogP contribution is -2.38. The van der Waals surface area contributed by atoms with Crippen molar-refractivity contribution >= 4 is 5.91 Å². The average molecular weight is 272 g/mol. The summed E-state index contributed by atoms with van der Waals surface area (Å²) in [6.07, 6.45) is 2.29. The molecule has 1 saturated heterocycles. The van der Waals surface area contributed by atoms with Crippen molar-refractivity contribution in [2.45, 2.75) is 12.5 Å². The Kier molecular flexibility index (Phi) is 3.47. The van der Waals surface area contributed by atoms with E-state index in [9.17, 15) is 4.79 Å². The Morgan fingerprint density at radius 2 is 2.20 bits per heavy atom. The highest BCUT2D eigenvalue weighted by molar-refractivity contribution is 5.94. The second-order valence-electron chi connectivity index (χ2n) is 4.89. The number of carbonyl (C=O) groups is 1. The van der Waals surface area contributed by atoms with Gasteiger partial charge in [-0.3, -0.25) is 4.79 Å². The number of rotatable bonds is 3. The minimum absolute atomic E-state index is 0.0401. The molecule has 0 radical (unpaired) electrons. The molecule has 1 unspecified atom stereocenters. The Labute approximate surface area is 116 Å². The second-order valence-corrected chi connectivity index (χ2v) is 4.89. The molecule has 0 aliphatic carbocycles. The van der Waals surface area contributed by atoms with Crippen molar-refractivity contribution in [2.24, 2.45) is 0 Å². The van der Waals surface area contributed by atoms with Crippen LogP contribution in [0.1, 0.15) is 16.8 Å². The van der Waals surface area contributed by atoms with E-state index in [0.29, 0.717) is 11.4 Å². The molecule has 6 heteroatoms. The van der Waals surface area contributed by atoms with E-state index < -0.39 is 0 Å². The first-order chi connectivity index (χ1) is 9.75. The van der Waals surface area contributed by atoms with Gasteiger partial charge in [-0.05, 0) is 25.1 Å². The van der Waals surface area contributed by atoms with E-state index in [1.165, 1.54) is 6.39 Å². The van der Waals surface area contributed by atoms with E-state index in [1.54, 1.807) is 12.1 Å². The van der Waals surface area contributed by atoms with Gasteiger partial charge in [0.2, 0.25) is 12.2 Å². The summed E-state index contributed by atoms with van der Waals surface area (Å²) in [6, 6.07) is 7.54. The molecule has 0 bridgehead atoms. The smallest absolute Gasteiger partial charge is 0.253 e. The molecule has 104 valence electrons. The van der Waals surface area contributed by atoms with Gasteiger partial charge in [-0.2, -0.15) is 4.98 Å². The van der Waals surface area contributed by atoms with E-state index in [2.05, 4.69) is 15.5 Å². The van der Waals surface area contributed by atoms with E-state index in [-0.39, 0.29) is 11.9 Å². The van der Waals surface area contributed by atoms with Crippen molar-refractivity contribution in [1.29, 1.82) is 0 Å². The van der Waals surface area contributed by atoms with Crippen molar-refractivity contribution in [2.75, 3.05) is 20.1 Å². The van der Waals surface area contributed by atoms with Crippen LogP contribution in [0.25, 0.3) is 11.4 Å². The molecule has 0 spiro atoms. The number of benzene rings is 1. The number of carbonyl (C=O) groups excluding carboxylic acids is 1. The molecule has 1 aromatic heterocycles. The number of hydrogen-bond acceptors (Lipinski definition) is 5. The fraction of sp³-hybridized carbons (Fsp3) is 0.357. The number of aromatic nitrogens is 2. The summed E-state index contributed by atoms with van der Waals surface area (Å²) >= 11 is 0. The van der Waals surface area contributed by atoms with Crippen molar-refractivity contribution in [1.82, 2.24) is 20.4 Å². The van der Waals surface area contributed by atoms with Crippen LogP contribution >= 0.6 is 0 Å². The van der Waals surface area contributed by atoms with Crippen LogP contribution in [0.5, 0.6) is 0 Å². The third-order valence-corrected chi connectivity index (χ3v) is 3.65. The van der Waals surface area contributed by atoms with E-state index in [1.807, 2.05) is 24.1 Å². The van der Waals surface area contributed by atoms with Gasteiger partial charge >= 0.3 is 0 Å². The van der Waals surface area contributed by atoms with Gasteiger partial charge in [0.05, 0.1) is 0 Å². The molecule has 1 aliphatic rings. The minimum Gasteiger partial charge on any atom is -0.342 e. The molecular formula is C14H16N4O2. The number of hydrogen-bond donors (Lipinski definition) is 1. The van der Waals surface area contributed by atoms with Crippen molar-refractivity contribution in [3.8, 4) is 11.4 Å². The van der Waals surface area contributed by atoms with Crippen LogP contribution in [0.15, 0.2) is 35.2 Å². The molecule has 1 atom stereocenters. The molecule has 6 nitrogen and oxygen atoms in total. The monoisotopic (exact) mass is 272 g/mol. The topological polar surface area (TPSA) is 71.3 Å². The highest BCUT2D eigenvalue weighted by Gasteiger charge is 2.23. The number of amides is 1. The molecule has 1 aromatic carbocycles. The predicted octanol–water partition coefficient (Wildman–Crippen LogP) is 1.17. The fourth-order valence-electron chi connectivity index (χ4n) is 2.40. The number of likely N-dealkylation sites (N-methyl/N-ethyl adjacent to an activating group) is 1. The van der Waals surface area contributed by atoms with Gasteiger partial charge < -0.3 is 14.7 Å². The maximum atomic E-state index is 12.4. The molecule has 20 heavy (non-hydrogen) atoms. The Bertz CT molecular complexity index is 574. The van der Waals surface area contributed by atoms with Crippen LogP contribution in [0.4, 0.5) is 0 Å². The van der Waals surface area contributed by atoms with Crippen LogP contribution in [0.2, 0.25) is 0 Å². The molecule has 0 saturated carbocycles. The normalized spacial score (nSPS) is 18.1. The average Bonchev–Trinajstić information content (AvgIpc) is 3.18. The number of nitrogens with zero attached hydrogens (tertiary/aromatic N) is 3. The van der Waals surface area contributed by atoms with Gasteiger partial charge in [-0.25, -0.2) is 0 Å². The van der Waals surface area contributed by atoms with Crippen molar-refractivity contribution in [3.05, 3.63) is 36.2 Å². The molecule has 2 aromatic rings. The first-order valence-electron chi connectivity index (χ1n) is 6.60. The fourth-order valence-corrected chi connectivity index (χ4v) is 2.40. The Balaban J connectivity index is 1.75. The summed E-state index contributed by atoms with van der Waals surface area (Å²) in [7, 11) is 1.85. The molecule has 2 heterocycles. The lowest BCUT2D eigenvalue weighted by Gasteiger charge is -2.23. The van der Waals surface area contributed by atoms with Crippen LogP contribution in [0.3, 0.4) is 0 Å². The van der Waals surface area contributed by atoms with Crippen molar-refractivity contribution < 1.29 is 9.32 Å². The zero-order valence-corrected chi connectivity index (χ0v) is 11.2. The molecule has 3 rings (SSSR count). The van der Waals surface area contributed by atoms with Crippen LogP contribution in [-0.4, -0.2) is 47.1 Å². The van der Waals surface area contributed by atoms with E-state index >= 15 is 0 Å². The maximum absolute atomic E-state index is 12.4. The van der Waals surface area contributed by atoms with Gasteiger partial charge in [0.1, 0.15) is 0 Å². The molecule has 1 aliphatic heterocycles. The first kappa shape index (κ1) is 12.8. The van der Waals surface area contributed by atoms with Crippen molar-refractivity contribution in [3.63, 3.8) is 0 Å². The highest BCUT2D eigenvalue weighted by Crippen LogP contribution is 2.17. The summed E-state index contributed by atoms with van der Waals surface area (Å²) in [4.78, 5) is 18.2.